The van der Waals surface area contributed by atoms with E-state index in [1.807, 2.05) is 61.5 Å². The fourth-order valence-electron chi connectivity index (χ4n) is 2.67. The van der Waals surface area contributed by atoms with Crippen LogP contribution in [0.5, 0.6) is 0 Å². The van der Waals surface area contributed by atoms with Crippen LogP contribution in [0.25, 0.3) is 10.9 Å². The molecule has 0 amide bonds. The summed E-state index contributed by atoms with van der Waals surface area (Å²) in [5.41, 5.74) is 9.61. The lowest BCUT2D eigenvalue weighted by molar-refractivity contribution is 1.06. The van der Waals surface area contributed by atoms with E-state index in [0.29, 0.717) is 21.6 Å². The zero-order valence-electron chi connectivity index (χ0n) is 14.5. The minimum absolute atomic E-state index is 0.495. The Labute approximate surface area is 166 Å². The lowest BCUT2D eigenvalue weighted by atomic mass is 10.1. The van der Waals surface area contributed by atoms with E-state index in [1.165, 1.54) is 18.1 Å². The van der Waals surface area contributed by atoms with E-state index in [0.717, 1.165) is 27.2 Å². The van der Waals surface area contributed by atoms with Crippen LogP contribution in [0.15, 0.2) is 70.8 Å². The molecule has 5 nitrogen and oxygen atoms in total. The molecule has 3 N–H and O–H groups in total. The molecule has 4 rings (SSSR count). The van der Waals surface area contributed by atoms with Crippen molar-refractivity contribution >= 4 is 51.5 Å². The fraction of sp³-hybridized carbons (Fsp3) is 0.0500. The lowest BCUT2D eigenvalue weighted by Crippen LogP contribution is -2.03. The van der Waals surface area contributed by atoms with Gasteiger partial charge in [0, 0.05) is 26.7 Å². The molecule has 2 aromatic heterocycles. The first-order valence-electron chi connectivity index (χ1n) is 8.27. The van der Waals surface area contributed by atoms with Crippen molar-refractivity contribution in [1.29, 1.82) is 0 Å². The molecule has 0 aliphatic carbocycles. The van der Waals surface area contributed by atoms with Crippen LogP contribution >= 0.6 is 23.4 Å². The minimum atomic E-state index is 0.495. The lowest BCUT2D eigenvalue weighted by Gasteiger charge is -2.12. The molecule has 0 radical (unpaired) electrons. The average Bonchev–Trinajstić information content (AvgIpc) is 2.66. The maximum Gasteiger partial charge on any atom is 0.158 e. The first kappa shape index (κ1) is 17.6. The van der Waals surface area contributed by atoms with E-state index in [4.69, 9.17) is 17.3 Å². The number of pyridine rings is 1. The van der Waals surface area contributed by atoms with Crippen LogP contribution in [0.2, 0.25) is 5.02 Å². The molecule has 4 aromatic rings. The van der Waals surface area contributed by atoms with Gasteiger partial charge in [0.25, 0.3) is 0 Å². The normalized spacial score (nSPS) is 10.9. The summed E-state index contributed by atoms with van der Waals surface area (Å²) in [6.45, 7) is 1.97. The molecule has 0 bridgehead atoms. The number of aryl methyl sites for hydroxylation is 1. The van der Waals surface area contributed by atoms with Crippen molar-refractivity contribution in [3.05, 3.63) is 71.6 Å². The Morgan fingerprint density at radius 2 is 1.81 bits per heavy atom. The molecule has 2 heterocycles. The summed E-state index contributed by atoms with van der Waals surface area (Å²) in [5.74, 6) is 0.564. The molecular formula is C20H16ClN5S. The second kappa shape index (κ2) is 7.42. The average molecular weight is 394 g/mol. The Balaban J connectivity index is 1.66. The third-order valence-electron chi connectivity index (χ3n) is 4.00. The summed E-state index contributed by atoms with van der Waals surface area (Å²) in [6.07, 6.45) is 1.50. The van der Waals surface area contributed by atoms with Crippen molar-refractivity contribution in [2.24, 2.45) is 0 Å². The highest BCUT2D eigenvalue weighted by molar-refractivity contribution is 7.99. The highest BCUT2D eigenvalue weighted by atomic mass is 35.5. The van der Waals surface area contributed by atoms with Crippen LogP contribution in [0, 0.1) is 6.92 Å². The van der Waals surface area contributed by atoms with Crippen LogP contribution < -0.4 is 11.1 Å². The summed E-state index contributed by atoms with van der Waals surface area (Å²) < 4.78 is 0. The SMILES string of the molecule is Cc1ccc2c(Nc3ncnc(Sc4ccc(Cl)cc4)c3N)cccc2n1. The molecule has 2 aromatic carbocycles. The molecule has 0 atom stereocenters. The van der Waals surface area contributed by atoms with E-state index in [2.05, 4.69) is 20.3 Å². The maximum absolute atomic E-state index is 6.33. The summed E-state index contributed by atoms with van der Waals surface area (Å²) in [5, 5.41) is 5.70. The number of fused-ring (bicyclic) bond motifs is 1. The largest absolute Gasteiger partial charge is 0.394 e. The molecule has 27 heavy (non-hydrogen) atoms. The van der Waals surface area contributed by atoms with Gasteiger partial charge in [-0.15, -0.1) is 0 Å². The second-order valence-electron chi connectivity index (χ2n) is 5.95. The molecule has 0 aliphatic heterocycles. The number of hydrogen-bond acceptors (Lipinski definition) is 6. The number of benzene rings is 2. The number of anilines is 3. The topological polar surface area (TPSA) is 76.7 Å². The van der Waals surface area contributed by atoms with Gasteiger partial charge >= 0.3 is 0 Å². The third kappa shape index (κ3) is 3.82. The van der Waals surface area contributed by atoms with Gasteiger partial charge in [-0.05, 0) is 55.5 Å². The molecule has 0 spiro atoms. The predicted molar refractivity (Wildman–Crippen MR) is 112 cm³/mol. The molecule has 0 saturated carbocycles. The number of nitrogens with zero attached hydrogens (tertiary/aromatic N) is 3. The van der Waals surface area contributed by atoms with Crippen LogP contribution in [0.3, 0.4) is 0 Å². The Morgan fingerprint density at radius 3 is 2.63 bits per heavy atom. The van der Waals surface area contributed by atoms with Gasteiger partial charge in [-0.2, -0.15) is 0 Å². The quantitative estimate of drug-likeness (QED) is 0.448. The van der Waals surface area contributed by atoms with Gasteiger partial charge in [-0.3, -0.25) is 4.98 Å². The standard InChI is InChI=1S/C20H16ClN5S/c1-12-5-10-15-16(25-12)3-2-4-17(15)26-19-18(22)20(24-11-23-19)27-14-8-6-13(21)7-9-14/h2-11H,22H2,1H3,(H,23,24,26). The summed E-state index contributed by atoms with van der Waals surface area (Å²) in [4.78, 5) is 14.2. The Kier molecular flexibility index (Phi) is 4.83. The van der Waals surface area contributed by atoms with Gasteiger partial charge in [0.15, 0.2) is 5.82 Å². The van der Waals surface area contributed by atoms with Crippen molar-refractivity contribution in [1.82, 2.24) is 15.0 Å². The third-order valence-corrected chi connectivity index (χ3v) is 5.28. The summed E-state index contributed by atoms with van der Waals surface area (Å²) >= 11 is 7.41. The second-order valence-corrected chi connectivity index (χ2v) is 7.45. The molecule has 0 fully saturated rings. The molecule has 0 unspecified atom stereocenters. The predicted octanol–water partition coefficient (Wildman–Crippen LogP) is 5.46. The first-order chi connectivity index (χ1) is 13.1. The van der Waals surface area contributed by atoms with E-state index in [9.17, 15) is 0 Å². The van der Waals surface area contributed by atoms with Gasteiger partial charge in [-0.25, -0.2) is 9.97 Å². The van der Waals surface area contributed by atoms with Crippen molar-refractivity contribution < 1.29 is 0 Å². The summed E-state index contributed by atoms with van der Waals surface area (Å²) in [7, 11) is 0. The Bertz CT molecular complexity index is 1120. The van der Waals surface area contributed by atoms with Crippen molar-refractivity contribution in [2.45, 2.75) is 16.8 Å². The Morgan fingerprint density at radius 1 is 1.00 bits per heavy atom. The van der Waals surface area contributed by atoms with E-state index < -0.39 is 0 Å². The molecule has 0 aliphatic rings. The van der Waals surface area contributed by atoms with Crippen molar-refractivity contribution in [3.8, 4) is 0 Å². The number of aromatic nitrogens is 3. The van der Waals surface area contributed by atoms with E-state index >= 15 is 0 Å². The van der Waals surface area contributed by atoms with Gasteiger partial charge in [0.2, 0.25) is 0 Å². The smallest absolute Gasteiger partial charge is 0.158 e. The van der Waals surface area contributed by atoms with E-state index in [-0.39, 0.29) is 0 Å². The molecule has 0 saturated heterocycles. The van der Waals surface area contributed by atoms with Crippen LogP contribution in [-0.2, 0) is 0 Å². The molecule has 7 heteroatoms. The molecule has 134 valence electrons. The maximum atomic E-state index is 6.33. The number of halogens is 1. The monoisotopic (exact) mass is 393 g/mol. The fourth-order valence-corrected chi connectivity index (χ4v) is 3.60. The Hall–Kier alpha value is -2.83. The van der Waals surface area contributed by atoms with Crippen LogP contribution in [-0.4, -0.2) is 15.0 Å². The zero-order chi connectivity index (χ0) is 18.8. The van der Waals surface area contributed by atoms with Gasteiger partial charge < -0.3 is 11.1 Å². The summed E-state index contributed by atoms with van der Waals surface area (Å²) in [6, 6.07) is 17.5. The highest BCUT2D eigenvalue weighted by Crippen LogP contribution is 2.35. The van der Waals surface area contributed by atoms with Crippen molar-refractivity contribution in [3.63, 3.8) is 0 Å². The van der Waals surface area contributed by atoms with Gasteiger partial charge in [-0.1, -0.05) is 29.4 Å². The van der Waals surface area contributed by atoms with Crippen LogP contribution in [0.1, 0.15) is 5.69 Å². The van der Waals surface area contributed by atoms with Gasteiger partial charge in [0.05, 0.1) is 5.52 Å². The van der Waals surface area contributed by atoms with Gasteiger partial charge in [0.1, 0.15) is 17.0 Å². The number of nitrogen functional groups attached to an aromatic ring is 1. The molecular weight excluding hydrogens is 378 g/mol. The van der Waals surface area contributed by atoms with Crippen molar-refractivity contribution in [2.75, 3.05) is 11.1 Å². The van der Waals surface area contributed by atoms with Crippen LogP contribution in [0.4, 0.5) is 17.2 Å². The number of nitrogens with one attached hydrogen (secondary N) is 1. The zero-order valence-corrected chi connectivity index (χ0v) is 16.1. The number of nitrogens with two attached hydrogens (primary N) is 1. The number of hydrogen-bond donors (Lipinski definition) is 2. The number of rotatable bonds is 4. The van der Waals surface area contributed by atoms with E-state index in [1.54, 1.807) is 0 Å². The first-order valence-corrected chi connectivity index (χ1v) is 9.47. The minimum Gasteiger partial charge on any atom is -0.394 e. The highest BCUT2D eigenvalue weighted by Gasteiger charge is 2.11.